The molecule has 0 bridgehead atoms. The van der Waals surface area contributed by atoms with Gasteiger partial charge in [0.25, 0.3) is 0 Å². The molecule has 0 radical (unpaired) electrons. The molecule has 1 amide bonds. The van der Waals surface area contributed by atoms with Crippen molar-refractivity contribution in [1.82, 2.24) is 10.6 Å². The summed E-state index contributed by atoms with van der Waals surface area (Å²) in [6.45, 7) is 5.05. The van der Waals surface area contributed by atoms with Crippen molar-refractivity contribution in [3.05, 3.63) is 65.5 Å². The summed E-state index contributed by atoms with van der Waals surface area (Å²) >= 11 is 0. The number of anilines is 1. The fourth-order valence-electron chi connectivity index (χ4n) is 2.38. The van der Waals surface area contributed by atoms with Crippen molar-refractivity contribution in [1.29, 1.82) is 0 Å². The number of benzene rings is 2. The molecule has 0 aliphatic rings. The molecule has 0 fully saturated rings. The van der Waals surface area contributed by atoms with E-state index in [4.69, 9.17) is 0 Å². The lowest BCUT2D eigenvalue weighted by atomic mass is 10.1. The second-order valence-corrected chi connectivity index (χ2v) is 6.57. The number of halogens is 2. The molecule has 7 heteroatoms. The molecule has 2 aromatic carbocycles. The van der Waals surface area contributed by atoms with Crippen LogP contribution in [-0.2, 0) is 17.8 Å². The molecular weight excluding hydrogens is 470 g/mol. The van der Waals surface area contributed by atoms with E-state index in [0.29, 0.717) is 19.0 Å². The van der Waals surface area contributed by atoms with Crippen LogP contribution in [0.2, 0.25) is 0 Å². The molecule has 152 valence electrons. The predicted molar refractivity (Wildman–Crippen MR) is 124 cm³/mol. The Kier molecular flexibility index (Phi) is 10.5. The highest BCUT2D eigenvalue weighted by atomic mass is 127. The van der Waals surface area contributed by atoms with Crippen molar-refractivity contribution in [2.24, 2.45) is 10.9 Å². The summed E-state index contributed by atoms with van der Waals surface area (Å²) in [6, 6.07) is 14.2. The van der Waals surface area contributed by atoms with Crippen LogP contribution >= 0.6 is 24.0 Å². The number of aliphatic imine (C=N–C) groups is 1. The topological polar surface area (TPSA) is 65.5 Å². The lowest BCUT2D eigenvalue weighted by molar-refractivity contribution is -0.118. The molecule has 2 aromatic rings. The summed E-state index contributed by atoms with van der Waals surface area (Å²) in [4.78, 5) is 15.9. The van der Waals surface area contributed by atoms with Crippen LogP contribution in [0.25, 0.3) is 0 Å². The zero-order valence-corrected chi connectivity index (χ0v) is 18.8. The van der Waals surface area contributed by atoms with E-state index in [1.165, 1.54) is 12.1 Å². The molecule has 2 rings (SSSR count). The standard InChI is InChI=1S/C21H27FN4O.HI/c1-15(2)20(27)26-19-10-6-17(7-11-19)14-25-21(23-3)24-13-12-16-4-8-18(22)9-5-16;/h4-11,15H,12-14H2,1-3H3,(H,26,27)(H2,23,24,25);1H. The maximum absolute atomic E-state index is 12.9. The molecule has 0 atom stereocenters. The van der Waals surface area contributed by atoms with E-state index in [1.807, 2.05) is 38.1 Å². The fraction of sp³-hybridized carbons (Fsp3) is 0.333. The minimum absolute atomic E-state index is 0. The Balaban J connectivity index is 0.00000392. The Labute approximate surface area is 183 Å². The third-order valence-electron chi connectivity index (χ3n) is 4.05. The lowest BCUT2D eigenvalue weighted by Gasteiger charge is -2.13. The van der Waals surface area contributed by atoms with E-state index in [-0.39, 0.29) is 41.6 Å². The van der Waals surface area contributed by atoms with Crippen LogP contribution in [0.1, 0.15) is 25.0 Å². The van der Waals surface area contributed by atoms with E-state index in [0.717, 1.165) is 23.2 Å². The third-order valence-corrected chi connectivity index (χ3v) is 4.05. The minimum Gasteiger partial charge on any atom is -0.356 e. The number of hydrogen-bond acceptors (Lipinski definition) is 2. The highest BCUT2D eigenvalue weighted by molar-refractivity contribution is 14.0. The second kappa shape index (κ2) is 12.3. The summed E-state index contributed by atoms with van der Waals surface area (Å²) in [5, 5.41) is 9.36. The SMILES string of the molecule is CN=C(NCCc1ccc(F)cc1)NCc1ccc(NC(=O)C(C)C)cc1.I. The van der Waals surface area contributed by atoms with Gasteiger partial charge in [0.15, 0.2) is 5.96 Å². The van der Waals surface area contributed by atoms with E-state index < -0.39 is 0 Å². The number of nitrogens with zero attached hydrogens (tertiary/aromatic N) is 1. The number of carbonyl (C=O) groups is 1. The van der Waals surface area contributed by atoms with Gasteiger partial charge in [0, 0.05) is 31.7 Å². The number of guanidine groups is 1. The van der Waals surface area contributed by atoms with E-state index in [2.05, 4.69) is 20.9 Å². The molecular formula is C21H28FIN4O. The van der Waals surface area contributed by atoms with Gasteiger partial charge in [-0.3, -0.25) is 9.79 Å². The first-order chi connectivity index (χ1) is 13.0. The van der Waals surface area contributed by atoms with Gasteiger partial charge in [-0.25, -0.2) is 4.39 Å². The van der Waals surface area contributed by atoms with Crippen LogP contribution in [0.5, 0.6) is 0 Å². The zero-order chi connectivity index (χ0) is 19.6. The summed E-state index contributed by atoms with van der Waals surface area (Å²) in [7, 11) is 1.72. The van der Waals surface area contributed by atoms with Crippen molar-refractivity contribution >= 4 is 41.5 Å². The number of carbonyl (C=O) groups excluding carboxylic acids is 1. The Morgan fingerprint density at radius 3 is 2.18 bits per heavy atom. The molecule has 0 aliphatic heterocycles. The van der Waals surface area contributed by atoms with Gasteiger partial charge in [0.05, 0.1) is 0 Å². The van der Waals surface area contributed by atoms with Gasteiger partial charge in [-0.2, -0.15) is 0 Å². The molecule has 28 heavy (non-hydrogen) atoms. The molecule has 0 aromatic heterocycles. The molecule has 0 saturated heterocycles. The van der Waals surface area contributed by atoms with Crippen molar-refractivity contribution in [3.8, 4) is 0 Å². The third kappa shape index (κ3) is 8.24. The Morgan fingerprint density at radius 1 is 1.00 bits per heavy atom. The number of rotatable bonds is 7. The van der Waals surface area contributed by atoms with Crippen LogP contribution in [0.3, 0.4) is 0 Å². The quantitative estimate of drug-likeness (QED) is 0.308. The molecule has 5 nitrogen and oxygen atoms in total. The number of amides is 1. The van der Waals surface area contributed by atoms with Gasteiger partial charge >= 0.3 is 0 Å². The van der Waals surface area contributed by atoms with E-state index in [9.17, 15) is 9.18 Å². The maximum Gasteiger partial charge on any atom is 0.226 e. The molecule has 0 unspecified atom stereocenters. The summed E-state index contributed by atoms with van der Waals surface area (Å²) in [5.74, 6) is 0.440. The minimum atomic E-state index is -0.223. The molecule has 0 aliphatic carbocycles. The van der Waals surface area contributed by atoms with Gasteiger partial charge in [0.1, 0.15) is 5.82 Å². The number of nitrogens with one attached hydrogen (secondary N) is 3. The Morgan fingerprint density at radius 2 is 1.61 bits per heavy atom. The average molecular weight is 498 g/mol. The van der Waals surface area contributed by atoms with Crippen LogP contribution in [0.4, 0.5) is 10.1 Å². The highest BCUT2D eigenvalue weighted by Crippen LogP contribution is 2.11. The zero-order valence-electron chi connectivity index (χ0n) is 16.5. The largest absolute Gasteiger partial charge is 0.356 e. The van der Waals surface area contributed by atoms with Gasteiger partial charge in [-0.15, -0.1) is 24.0 Å². The summed E-state index contributed by atoms with van der Waals surface area (Å²) in [5.41, 5.74) is 2.94. The fourth-order valence-corrected chi connectivity index (χ4v) is 2.38. The summed E-state index contributed by atoms with van der Waals surface area (Å²) < 4.78 is 12.9. The second-order valence-electron chi connectivity index (χ2n) is 6.57. The van der Waals surface area contributed by atoms with Crippen LogP contribution in [0.15, 0.2) is 53.5 Å². The van der Waals surface area contributed by atoms with E-state index >= 15 is 0 Å². The van der Waals surface area contributed by atoms with Gasteiger partial charge < -0.3 is 16.0 Å². The first-order valence-electron chi connectivity index (χ1n) is 9.06. The van der Waals surface area contributed by atoms with Crippen LogP contribution in [-0.4, -0.2) is 25.5 Å². The lowest BCUT2D eigenvalue weighted by Crippen LogP contribution is -2.37. The first kappa shape index (κ1) is 23.9. The maximum atomic E-state index is 12.9. The highest BCUT2D eigenvalue weighted by Gasteiger charge is 2.06. The van der Waals surface area contributed by atoms with E-state index in [1.54, 1.807) is 19.2 Å². The molecule has 0 saturated carbocycles. The van der Waals surface area contributed by atoms with Gasteiger partial charge in [-0.1, -0.05) is 38.1 Å². The Bertz CT molecular complexity index is 761. The average Bonchev–Trinajstić information content (AvgIpc) is 2.67. The van der Waals surface area contributed by atoms with Crippen molar-refractivity contribution in [3.63, 3.8) is 0 Å². The molecule has 0 heterocycles. The van der Waals surface area contributed by atoms with Crippen molar-refractivity contribution in [2.45, 2.75) is 26.8 Å². The number of hydrogen-bond donors (Lipinski definition) is 3. The normalized spacial score (nSPS) is 11.0. The first-order valence-corrected chi connectivity index (χ1v) is 9.06. The van der Waals surface area contributed by atoms with Gasteiger partial charge in [-0.05, 0) is 41.8 Å². The molecule has 0 spiro atoms. The van der Waals surface area contributed by atoms with Crippen LogP contribution in [0, 0.1) is 11.7 Å². The monoisotopic (exact) mass is 498 g/mol. The molecule has 3 N–H and O–H groups in total. The predicted octanol–water partition coefficient (Wildman–Crippen LogP) is 3.95. The van der Waals surface area contributed by atoms with Crippen molar-refractivity contribution < 1.29 is 9.18 Å². The van der Waals surface area contributed by atoms with Crippen molar-refractivity contribution in [2.75, 3.05) is 18.9 Å². The Hall–Kier alpha value is -2.16. The van der Waals surface area contributed by atoms with Crippen LogP contribution < -0.4 is 16.0 Å². The van der Waals surface area contributed by atoms with Gasteiger partial charge in [0.2, 0.25) is 5.91 Å². The summed E-state index contributed by atoms with van der Waals surface area (Å²) in [6.07, 6.45) is 0.783. The smallest absolute Gasteiger partial charge is 0.226 e.